The van der Waals surface area contributed by atoms with Crippen LogP contribution in [-0.4, -0.2) is 11.0 Å². The summed E-state index contributed by atoms with van der Waals surface area (Å²) in [4.78, 5) is 1.09. The van der Waals surface area contributed by atoms with Crippen LogP contribution in [0.5, 0.6) is 0 Å². The Bertz CT molecular complexity index is 554. The molecule has 0 aliphatic carbocycles. The third-order valence-corrected chi connectivity index (χ3v) is 4.38. The van der Waals surface area contributed by atoms with Crippen LogP contribution >= 0.6 is 39.9 Å². The summed E-state index contributed by atoms with van der Waals surface area (Å²) in [6.45, 7) is 2.54. The number of hydrogen-bond donors (Lipinski definition) is 0. The molecule has 0 heterocycles. The summed E-state index contributed by atoms with van der Waals surface area (Å²) in [5.74, 6) is 0. The lowest BCUT2D eigenvalue weighted by atomic mass is 10.1. The van der Waals surface area contributed by atoms with Crippen LogP contribution in [0.3, 0.4) is 0 Å². The number of hydrogen-bond acceptors (Lipinski definition) is 3. The van der Waals surface area contributed by atoms with Gasteiger partial charge in [-0.1, -0.05) is 24.3 Å². The molecule has 2 rings (SSSR count). The highest BCUT2D eigenvalue weighted by Crippen LogP contribution is 2.32. The number of rotatable bonds is 2. The summed E-state index contributed by atoms with van der Waals surface area (Å²) in [7, 11) is 0. The molecule has 17 heavy (non-hydrogen) atoms. The molecule has 0 fully saturated rings. The van der Waals surface area contributed by atoms with Gasteiger partial charge >= 0.3 is 0 Å². The second-order valence-electron chi connectivity index (χ2n) is 3.41. The van der Waals surface area contributed by atoms with E-state index >= 15 is 0 Å². The molecule has 0 aliphatic heterocycles. The number of fused-ring (bicyclic) bond motifs is 1. The van der Waals surface area contributed by atoms with Gasteiger partial charge in [-0.05, 0) is 69.7 Å². The van der Waals surface area contributed by atoms with Gasteiger partial charge in [0.2, 0.25) is 4.38 Å². The Balaban J connectivity index is 2.34. The Labute approximate surface area is 119 Å². The molecule has 0 aliphatic rings. The van der Waals surface area contributed by atoms with Crippen LogP contribution in [0.25, 0.3) is 10.8 Å². The quantitative estimate of drug-likeness (QED) is 0.566. The molecule has 2 aromatic carbocycles. The van der Waals surface area contributed by atoms with Gasteiger partial charge in [-0.15, -0.1) is 0 Å². The van der Waals surface area contributed by atoms with Gasteiger partial charge in [0.25, 0.3) is 0 Å². The van der Waals surface area contributed by atoms with Crippen LogP contribution in [0.15, 0.2) is 45.8 Å². The molecule has 88 valence electrons. The highest BCUT2D eigenvalue weighted by molar-refractivity contribution is 9.10. The fraction of sp³-hybridized carbons (Fsp3) is 0.154. The monoisotopic (exact) mass is 326 g/mol. The van der Waals surface area contributed by atoms with Crippen molar-refractivity contribution in [1.29, 1.82) is 0 Å². The van der Waals surface area contributed by atoms with Crippen LogP contribution in [0.4, 0.5) is 0 Å². The van der Waals surface area contributed by atoms with Crippen molar-refractivity contribution in [3.05, 3.63) is 40.9 Å². The van der Waals surface area contributed by atoms with Gasteiger partial charge in [0.15, 0.2) is 0 Å². The first-order chi connectivity index (χ1) is 8.20. The van der Waals surface area contributed by atoms with Crippen LogP contribution < -0.4 is 0 Å². The molecule has 0 radical (unpaired) electrons. The van der Waals surface area contributed by atoms with Crippen LogP contribution in [0, 0.1) is 0 Å². The molecule has 0 unspecified atom stereocenters. The Morgan fingerprint density at radius 3 is 2.59 bits per heavy atom. The predicted octanol–water partition coefficient (Wildman–Crippen LogP) is 5.02. The molecule has 0 spiro atoms. The van der Waals surface area contributed by atoms with Crippen molar-refractivity contribution in [3.8, 4) is 0 Å². The summed E-state index contributed by atoms with van der Waals surface area (Å²) < 4.78 is 6.89. The van der Waals surface area contributed by atoms with Crippen molar-refractivity contribution in [2.24, 2.45) is 0 Å². The van der Waals surface area contributed by atoms with Gasteiger partial charge in [-0.3, -0.25) is 0 Å². The van der Waals surface area contributed by atoms with E-state index in [0.29, 0.717) is 11.0 Å². The molecule has 1 nitrogen and oxygen atoms in total. The number of benzene rings is 2. The molecule has 0 amide bonds. The van der Waals surface area contributed by atoms with Crippen molar-refractivity contribution in [2.75, 3.05) is 6.61 Å². The highest BCUT2D eigenvalue weighted by Gasteiger charge is 2.07. The van der Waals surface area contributed by atoms with E-state index < -0.39 is 0 Å². The first-order valence-corrected chi connectivity index (χ1v) is 7.25. The Morgan fingerprint density at radius 1 is 1.29 bits per heavy atom. The zero-order valence-electron chi connectivity index (χ0n) is 9.27. The van der Waals surface area contributed by atoms with Crippen molar-refractivity contribution < 1.29 is 4.74 Å². The third-order valence-electron chi connectivity index (χ3n) is 2.26. The number of thiocarbonyl (C=S) groups is 1. The molecule has 0 aromatic heterocycles. The lowest BCUT2D eigenvalue weighted by Gasteiger charge is -2.07. The van der Waals surface area contributed by atoms with E-state index in [2.05, 4.69) is 40.2 Å². The van der Waals surface area contributed by atoms with E-state index in [1.807, 2.05) is 19.1 Å². The van der Waals surface area contributed by atoms with E-state index in [-0.39, 0.29) is 0 Å². The number of thioether (sulfide) groups is 1. The minimum Gasteiger partial charge on any atom is -0.479 e. The summed E-state index contributed by atoms with van der Waals surface area (Å²) in [6, 6.07) is 12.5. The van der Waals surface area contributed by atoms with Crippen LogP contribution in [-0.2, 0) is 4.74 Å². The zero-order valence-corrected chi connectivity index (χ0v) is 12.5. The third kappa shape index (κ3) is 3.21. The highest BCUT2D eigenvalue weighted by atomic mass is 79.9. The minimum absolute atomic E-state index is 0.559. The number of ether oxygens (including phenoxy) is 1. The topological polar surface area (TPSA) is 9.23 Å². The first-order valence-electron chi connectivity index (χ1n) is 5.23. The van der Waals surface area contributed by atoms with Crippen molar-refractivity contribution >= 4 is 55.1 Å². The van der Waals surface area contributed by atoms with Crippen molar-refractivity contribution in [1.82, 2.24) is 0 Å². The van der Waals surface area contributed by atoms with E-state index in [1.54, 1.807) is 0 Å². The molecule has 4 heteroatoms. The molecule has 0 atom stereocenters. The molecular weight excluding hydrogens is 316 g/mol. The van der Waals surface area contributed by atoms with Gasteiger partial charge in [0.1, 0.15) is 0 Å². The van der Waals surface area contributed by atoms with Gasteiger partial charge in [-0.2, -0.15) is 0 Å². The molecule has 2 aromatic rings. The maximum absolute atomic E-state index is 5.29. The lowest BCUT2D eigenvalue weighted by molar-refractivity contribution is 0.346. The van der Waals surface area contributed by atoms with E-state index in [0.717, 1.165) is 9.37 Å². The number of halogens is 1. The fourth-order valence-corrected chi connectivity index (χ4v) is 3.20. The second-order valence-corrected chi connectivity index (χ2v) is 5.91. The molecular formula is C13H11BrOS2. The fourth-order valence-electron chi connectivity index (χ4n) is 1.51. The van der Waals surface area contributed by atoms with Crippen LogP contribution in [0.2, 0.25) is 0 Å². The van der Waals surface area contributed by atoms with E-state index in [4.69, 9.17) is 17.0 Å². The van der Waals surface area contributed by atoms with E-state index in [9.17, 15) is 0 Å². The molecule has 0 N–H and O–H groups in total. The first kappa shape index (κ1) is 12.9. The normalized spacial score (nSPS) is 10.5. The average molecular weight is 327 g/mol. The lowest BCUT2D eigenvalue weighted by Crippen LogP contribution is -1.95. The largest absolute Gasteiger partial charge is 0.479 e. The summed E-state index contributed by atoms with van der Waals surface area (Å²) in [5, 5.41) is 2.42. The Morgan fingerprint density at radius 2 is 1.94 bits per heavy atom. The van der Waals surface area contributed by atoms with Gasteiger partial charge in [0.05, 0.1) is 6.61 Å². The molecule has 0 bridgehead atoms. The van der Waals surface area contributed by atoms with Crippen molar-refractivity contribution in [2.45, 2.75) is 11.8 Å². The smallest absolute Gasteiger partial charge is 0.224 e. The van der Waals surface area contributed by atoms with Gasteiger partial charge < -0.3 is 4.74 Å². The van der Waals surface area contributed by atoms with Crippen molar-refractivity contribution in [3.63, 3.8) is 0 Å². The van der Waals surface area contributed by atoms with Gasteiger partial charge in [0, 0.05) is 9.37 Å². The molecule has 0 saturated carbocycles. The van der Waals surface area contributed by atoms with Gasteiger partial charge in [-0.25, -0.2) is 0 Å². The summed E-state index contributed by atoms with van der Waals surface area (Å²) in [6.07, 6.45) is 0. The SMILES string of the molecule is CCOC(=S)Sc1cc2ccccc2cc1Br. The average Bonchev–Trinajstić information content (AvgIpc) is 2.30. The standard InChI is InChI=1S/C13H11BrOS2/c1-2-15-13(16)17-12-8-10-6-4-3-5-9(10)7-11(12)14/h3-8H,2H2,1H3. The maximum atomic E-state index is 5.29. The van der Waals surface area contributed by atoms with Crippen LogP contribution in [0.1, 0.15) is 6.92 Å². The molecule has 0 saturated heterocycles. The zero-order chi connectivity index (χ0) is 12.3. The Kier molecular flexibility index (Phi) is 4.42. The predicted molar refractivity (Wildman–Crippen MR) is 81.7 cm³/mol. The summed E-state index contributed by atoms with van der Waals surface area (Å²) in [5.41, 5.74) is 0. The van der Waals surface area contributed by atoms with E-state index in [1.165, 1.54) is 22.5 Å². The summed E-state index contributed by atoms with van der Waals surface area (Å²) >= 11 is 10.2. The maximum Gasteiger partial charge on any atom is 0.224 e. The minimum atomic E-state index is 0.559. The second kappa shape index (κ2) is 5.85. The Hall–Kier alpha value is -0.580.